The first-order valence-electron chi connectivity index (χ1n) is 6.00. The number of hydrogen-bond acceptors (Lipinski definition) is 5. The summed E-state index contributed by atoms with van der Waals surface area (Å²) in [7, 11) is 0. The Morgan fingerprint density at radius 1 is 1.50 bits per heavy atom. The van der Waals surface area contributed by atoms with Gasteiger partial charge in [-0.15, -0.1) is 0 Å². The molecule has 0 spiro atoms. The quantitative estimate of drug-likeness (QED) is 0.847. The van der Waals surface area contributed by atoms with Gasteiger partial charge in [0, 0.05) is 30.0 Å². The molecule has 5 heteroatoms. The highest BCUT2D eigenvalue weighted by Gasteiger charge is 2.23. The van der Waals surface area contributed by atoms with Gasteiger partial charge < -0.3 is 11.1 Å². The molecule has 2 atom stereocenters. The standard InChI is InChI=1S/C11H20N4S/c1-7(2)10-14-11(16-15-10)13-6-8-4-3-5-9(8)12/h7-9H,3-6,12H2,1-2H3,(H,13,14,15). The zero-order valence-corrected chi connectivity index (χ0v) is 10.8. The fourth-order valence-corrected chi connectivity index (χ4v) is 2.79. The first-order valence-corrected chi connectivity index (χ1v) is 6.77. The summed E-state index contributed by atoms with van der Waals surface area (Å²) in [5.74, 6) is 1.94. The number of hydrogen-bond donors (Lipinski definition) is 2. The zero-order chi connectivity index (χ0) is 11.5. The average Bonchev–Trinajstić information content (AvgIpc) is 2.83. The van der Waals surface area contributed by atoms with E-state index in [1.54, 1.807) is 0 Å². The van der Waals surface area contributed by atoms with E-state index >= 15 is 0 Å². The summed E-state index contributed by atoms with van der Waals surface area (Å²) in [6, 6.07) is 0.366. The minimum Gasteiger partial charge on any atom is -0.360 e. The largest absolute Gasteiger partial charge is 0.360 e. The Morgan fingerprint density at radius 3 is 2.88 bits per heavy atom. The van der Waals surface area contributed by atoms with Crippen molar-refractivity contribution in [2.75, 3.05) is 11.9 Å². The lowest BCUT2D eigenvalue weighted by Gasteiger charge is -2.14. The molecule has 0 aliphatic heterocycles. The number of anilines is 1. The van der Waals surface area contributed by atoms with Crippen molar-refractivity contribution < 1.29 is 0 Å². The molecule has 2 rings (SSSR count). The van der Waals surface area contributed by atoms with Crippen LogP contribution in [0.5, 0.6) is 0 Å². The minimum atomic E-state index is 0.366. The summed E-state index contributed by atoms with van der Waals surface area (Å²) in [4.78, 5) is 4.45. The second-order valence-electron chi connectivity index (χ2n) is 4.85. The van der Waals surface area contributed by atoms with Crippen LogP contribution in [-0.2, 0) is 0 Å². The number of nitrogens with one attached hydrogen (secondary N) is 1. The summed E-state index contributed by atoms with van der Waals surface area (Å²) in [5.41, 5.74) is 6.02. The molecular weight excluding hydrogens is 220 g/mol. The smallest absolute Gasteiger partial charge is 0.202 e. The summed E-state index contributed by atoms with van der Waals surface area (Å²) < 4.78 is 4.32. The second kappa shape index (κ2) is 5.10. The van der Waals surface area contributed by atoms with Gasteiger partial charge in [-0.25, -0.2) is 4.98 Å². The molecule has 3 N–H and O–H groups in total. The molecule has 0 saturated heterocycles. The van der Waals surface area contributed by atoms with Gasteiger partial charge in [0.15, 0.2) is 0 Å². The topological polar surface area (TPSA) is 63.8 Å². The Morgan fingerprint density at radius 2 is 2.31 bits per heavy atom. The number of nitrogens with zero attached hydrogens (tertiary/aromatic N) is 2. The van der Waals surface area contributed by atoms with Crippen molar-refractivity contribution in [1.82, 2.24) is 9.36 Å². The van der Waals surface area contributed by atoms with Crippen LogP contribution in [0.15, 0.2) is 0 Å². The van der Waals surface area contributed by atoms with Crippen LogP contribution in [0.3, 0.4) is 0 Å². The highest BCUT2D eigenvalue weighted by atomic mass is 32.1. The Hall–Kier alpha value is -0.680. The molecule has 90 valence electrons. The highest BCUT2D eigenvalue weighted by molar-refractivity contribution is 7.09. The molecule has 1 saturated carbocycles. The average molecular weight is 240 g/mol. The van der Waals surface area contributed by atoms with Gasteiger partial charge in [0.2, 0.25) is 5.13 Å². The number of aromatic nitrogens is 2. The van der Waals surface area contributed by atoms with Gasteiger partial charge in [-0.3, -0.25) is 0 Å². The van der Waals surface area contributed by atoms with Crippen LogP contribution in [0.4, 0.5) is 5.13 Å². The SMILES string of the molecule is CC(C)c1nsc(NCC2CCCC2N)n1. The van der Waals surface area contributed by atoms with E-state index in [-0.39, 0.29) is 0 Å². The summed E-state index contributed by atoms with van der Waals surface area (Å²) in [6.07, 6.45) is 3.67. The fourth-order valence-electron chi connectivity index (χ4n) is 2.08. The van der Waals surface area contributed by atoms with Crippen molar-refractivity contribution in [3.63, 3.8) is 0 Å². The van der Waals surface area contributed by atoms with Crippen molar-refractivity contribution in [3.8, 4) is 0 Å². The predicted octanol–water partition coefficient (Wildman–Crippen LogP) is 2.20. The maximum Gasteiger partial charge on any atom is 0.202 e. The van der Waals surface area contributed by atoms with Crippen LogP contribution in [0, 0.1) is 5.92 Å². The molecule has 1 aliphatic carbocycles. The van der Waals surface area contributed by atoms with Crippen molar-refractivity contribution in [1.29, 1.82) is 0 Å². The van der Waals surface area contributed by atoms with E-state index in [0.29, 0.717) is 17.9 Å². The van der Waals surface area contributed by atoms with Crippen LogP contribution in [0.2, 0.25) is 0 Å². The second-order valence-corrected chi connectivity index (χ2v) is 5.60. The van der Waals surface area contributed by atoms with Crippen molar-refractivity contribution >= 4 is 16.7 Å². The zero-order valence-electron chi connectivity index (χ0n) is 9.94. The molecule has 0 amide bonds. The lowest BCUT2D eigenvalue weighted by Crippen LogP contribution is -2.29. The van der Waals surface area contributed by atoms with Gasteiger partial charge in [0.05, 0.1) is 0 Å². The van der Waals surface area contributed by atoms with E-state index in [1.807, 2.05) is 0 Å². The molecule has 0 radical (unpaired) electrons. The van der Waals surface area contributed by atoms with Gasteiger partial charge in [0.1, 0.15) is 5.82 Å². The Labute approximate surface area is 101 Å². The van der Waals surface area contributed by atoms with E-state index in [2.05, 4.69) is 28.5 Å². The summed E-state index contributed by atoms with van der Waals surface area (Å²) in [5, 5.41) is 4.29. The molecule has 1 aromatic rings. The molecule has 0 bridgehead atoms. The monoisotopic (exact) mass is 240 g/mol. The van der Waals surface area contributed by atoms with Crippen LogP contribution < -0.4 is 11.1 Å². The van der Waals surface area contributed by atoms with E-state index in [9.17, 15) is 0 Å². The van der Waals surface area contributed by atoms with Gasteiger partial charge in [-0.05, 0) is 18.8 Å². The molecule has 1 fully saturated rings. The minimum absolute atomic E-state index is 0.366. The third-order valence-corrected chi connectivity index (χ3v) is 3.88. The molecule has 2 unspecified atom stereocenters. The van der Waals surface area contributed by atoms with E-state index in [0.717, 1.165) is 17.5 Å². The van der Waals surface area contributed by atoms with Crippen LogP contribution >= 0.6 is 11.5 Å². The van der Waals surface area contributed by atoms with Gasteiger partial charge >= 0.3 is 0 Å². The summed E-state index contributed by atoms with van der Waals surface area (Å²) in [6.45, 7) is 5.16. The third-order valence-electron chi connectivity index (χ3n) is 3.19. The van der Waals surface area contributed by atoms with E-state index in [4.69, 9.17) is 5.73 Å². The highest BCUT2D eigenvalue weighted by Crippen LogP contribution is 2.25. The molecule has 16 heavy (non-hydrogen) atoms. The van der Waals surface area contributed by atoms with Crippen molar-refractivity contribution in [3.05, 3.63) is 5.82 Å². The summed E-state index contributed by atoms with van der Waals surface area (Å²) >= 11 is 1.45. The Kier molecular flexibility index (Phi) is 3.76. The molecule has 1 aliphatic rings. The van der Waals surface area contributed by atoms with Crippen LogP contribution in [0.25, 0.3) is 0 Å². The number of nitrogens with two attached hydrogens (primary N) is 1. The molecular formula is C11H20N4S. The predicted molar refractivity (Wildman–Crippen MR) is 67.8 cm³/mol. The lowest BCUT2D eigenvalue weighted by molar-refractivity contribution is 0.505. The maximum atomic E-state index is 6.02. The lowest BCUT2D eigenvalue weighted by atomic mass is 10.1. The van der Waals surface area contributed by atoms with E-state index < -0.39 is 0 Å². The molecule has 1 aromatic heterocycles. The molecule has 1 heterocycles. The Bertz CT molecular complexity index is 336. The number of rotatable bonds is 4. The van der Waals surface area contributed by atoms with Crippen LogP contribution in [0.1, 0.15) is 44.9 Å². The fraction of sp³-hybridized carbons (Fsp3) is 0.818. The van der Waals surface area contributed by atoms with Gasteiger partial charge in [0.25, 0.3) is 0 Å². The van der Waals surface area contributed by atoms with E-state index in [1.165, 1.54) is 30.8 Å². The molecule has 4 nitrogen and oxygen atoms in total. The maximum absolute atomic E-state index is 6.02. The van der Waals surface area contributed by atoms with Gasteiger partial charge in [-0.1, -0.05) is 20.3 Å². The first kappa shape index (κ1) is 11.8. The Balaban J connectivity index is 1.84. The van der Waals surface area contributed by atoms with Crippen LogP contribution in [-0.4, -0.2) is 21.9 Å². The third kappa shape index (κ3) is 2.71. The molecule has 0 aromatic carbocycles. The van der Waals surface area contributed by atoms with Crippen molar-refractivity contribution in [2.45, 2.75) is 45.1 Å². The van der Waals surface area contributed by atoms with Crippen molar-refractivity contribution in [2.24, 2.45) is 11.7 Å². The van der Waals surface area contributed by atoms with Gasteiger partial charge in [-0.2, -0.15) is 4.37 Å². The first-order chi connectivity index (χ1) is 7.66. The normalized spacial score (nSPS) is 25.2.